The third kappa shape index (κ3) is 2.09. The van der Waals surface area contributed by atoms with Crippen LogP contribution in [0.3, 0.4) is 0 Å². The molecule has 0 aliphatic carbocycles. The maximum atomic E-state index is 11.8. The van der Waals surface area contributed by atoms with Crippen molar-refractivity contribution < 1.29 is 4.79 Å². The Morgan fingerprint density at radius 2 is 2.29 bits per heavy atom. The topological polar surface area (TPSA) is 71.2 Å². The van der Waals surface area contributed by atoms with E-state index in [-0.39, 0.29) is 5.91 Å². The van der Waals surface area contributed by atoms with E-state index in [4.69, 9.17) is 5.73 Å². The molecule has 6 heteroatoms. The fourth-order valence-electron chi connectivity index (χ4n) is 1.94. The number of pyridine rings is 1. The molecule has 3 N–H and O–H groups in total. The Hall–Kier alpha value is -1.30. The standard InChI is InChI=1S/C11H15BrN4O/c1-11(2)10(17)14-3-4-16(11)9-8(13)5-7(12)6-15-9/h5-6H,3-4,13H2,1-2H3,(H,14,17). The van der Waals surface area contributed by atoms with Gasteiger partial charge in [0.1, 0.15) is 5.54 Å². The fourth-order valence-corrected chi connectivity index (χ4v) is 2.29. The lowest BCUT2D eigenvalue weighted by Crippen LogP contribution is -2.62. The van der Waals surface area contributed by atoms with Crippen LogP contribution in [0.2, 0.25) is 0 Å². The zero-order valence-corrected chi connectivity index (χ0v) is 11.4. The maximum Gasteiger partial charge on any atom is 0.245 e. The number of halogens is 1. The van der Waals surface area contributed by atoms with Gasteiger partial charge in [-0.05, 0) is 35.8 Å². The molecule has 1 aliphatic heterocycles. The number of nitrogens with one attached hydrogen (secondary N) is 1. The van der Waals surface area contributed by atoms with Crippen molar-refractivity contribution in [1.29, 1.82) is 0 Å². The lowest BCUT2D eigenvalue weighted by molar-refractivity contribution is -0.126. The first-order chi connectivity index (χ1) is 7.93. The van der Waals surface area contributed by atoms with E-state index >= 15 is 0 Å². The number of carbonyl (C=O) groups excluding carboxylic acids is 1. The Balaban J connectivity index is 2.41. The highest BCUT2D eigenvalue weighted by atomic mass is 79.9. The Labute approximate surface area is 109 Å². The molecular weight excluding hydrogens is 284 g/mol. The molecule has 0 atom stereocenters. The highest BCUT2D eigenvalue weighted by molar-refractivity contribution is 9.10. The second-order valence-corrected chi connectivity index (χ2v) is 5.45. The first-order valence-electron chi connectivity index (χ1n) is 5.40. The number of hydrogen-bond donors (Lipinski definition) is 2. The third-order valence-corrected chi connectivity index (χ3v) is 3.40. The number of aromatic nitrogens is 1. The molecule has 2 rings (SSSR count). The number of anilines is 2. The van der Waals surface area contributed by atoms with Crippen molar-refractivity contribution >= 4 is 33.3 Å². The van der Waals surface area contributed by atoms with Crippen LogP contribution in [0.5, 0.6) is 0 Å². The van der Waals surface area contributed by atoms with Crippen LogP contribution in [0, 0.1) is 0 Å². The maximum absolute atomic E-state index is 11.8. The van der Waals surface area contributed by atoms with Gasteiger partial charge in [-0.25, -0.2) is 4.98 Å². The minimum absolute atomic E-state index is 0.00660. The van der Waals surface area contributed by atoms with Gasteiger partial charge in [-0.2, -0.15) is 0 Å². The first kappa shape index (κ1) is 12.2. The molecule has 92 valence electrons. The van der Waals surface area contributed by atoms with E-state index in [1.54, 1.807) is 12.3 Å². The molecule has 1 aromatic rings. The van der Waals surface area contributed by atoms with Crippen LogP contribution in [0.15, 0.2) is 16.7 Å². The molecule has 0 unspecified atom stereocenters. The van der Waals surface area contributed by atoms with Gasteiger partial charge in [0, 0.05) is 23.8 Å². The molecule has 0 spiro atoms. The van der Waals surface area contributed by atoms with Crippen molar-refractivity contribution in [3.8, 4) is 0 Å². The first-order valence-corrected chi connectivity index (χ1v) is 6.19. The number of nitrogen functional groups attached to an aromatic ring is 1. The monoisotopic (exact) mass is 298 g/mol. The highest BCUT2D eigenvalue weighted by Gasteiger charge is 2.39. The summed E-state index contributed by atoms with van der Waals surface area (Å²) in [5.41, 5.74) is 5.89. The Morgan fingerprint density at radius 3 is 2.94 bits per heavy atom. The van der Waals surface area contributed by atoms with Crippen molar-refractivity contribution in [2.45, 2.75) is 19.4 Å². The average molecular weight is 299 g/mol. The van der Waals surface area contributed by atoms with Crippen LogP contribution in [-0.2, 0) is 4.79 Å². The molecule has 1 aromatic heterocycles. The molecule has 0 aromatic carbocycles. The van der Waals surface area contributed by atoms with E-state index < -0.39 is 5.54 Å². The Kier molecular flexibility index (Phi) is 2.99. The molecule has 2 heterocycles. The summed E-state index contributed by atoms with van der Waals surface area (Å²) in [6.45, 7) is 5.05. The summed E-state index contributed by atoms with van der Waals surface area (Å²) in [7, 11) is 0. The summed E-state index contributed by atoms with van der Waals surface area (Å²) in [4.78, 5) is 18.1. The number of piperazine rings is 1. The minimum Gasteiger partial charge on any atom is -0.396 e. The third-order valence-electron chi connectivity index (χ3n) is 2.97. The van der Waals surface area contributed by atoms with Crippen molar-refractivity contribution in [3.63, 3.8) is 0 Å². The molecule has 1 saturated heterocycles. The molecule has 0 radical (unpaired) electrons. The predicted octanol–water partition coefficient (Wildman–Crippen LogP) is 1.14. The van der Waals surface area contributed by atoms with Gasteiger partial charge in [0.15, 0.2) is 5.82 Å². The molecule has 1 fully saturated rings. The van der Waals surface area contributed by atoms with Crippen LogP contribution in [0.25, 0.3) is 0 Å². The quantitative estimate of drug-likeness (QED) is 0.816. The molecule has 1 amide bonds. The van der Waals surface area contributed by atoms with Gasteiger partial charge in [0.2, 0.25) is 5.91 Å². The summed E-state index contributed by atoms with van der Waals surface area (Å²) in [6.07, 6.45) is 1.69. The van der Waals surface area contributed by atoms with Crippen LogP contribution in [-0.4, -0.2) is 29.5 Å². The van der Waals surface area contributed by atoms with E-state index in [2.05, 4.69) is 26.2 Å². The summed E-state index contributed by atoms with van der Waals surface area (Å²) in [6, 6.07) is 1.80. The summed E-state index contributed by atoms with van der Waals surface area (Å²) >= 11 is 3.32. The van der Waals surface area contributed by atoms with Crippen LogP contribution < -0.4 is 16.0 Å². The van der Waals surface area contributed by atoms with Crippen molar-refractivity contribution in [3.05, 3.63) is 16.7 Å². The van der Waals surface area contributed by atoms with Crippen molar-refractivity contribution in [2.24, 2.45) is 0 Å². The van der Waals surface area contributed by atoms with Crippen LogP contribution >= 0.6 is 15.9 Å². The van der Waals surface area contributed by atoms with E-state index in [9.17, 15) is 4.79 Å². The second-order valence-electron chi connectivity index (χ2n) is 4.53. The van der Waals surface area contributed by atoms with Gasteiger partial charge >= 0.3 is 0 Å². The largest absolute Gasteiger partial charge is 0.396 e. The number of rotatable bonds is 1. The minimum atomic E-state index is -0.632. The second kappa shape index (κ2) is 4.18. The summed E-state index contributed by atoms with van der Waals surface area (Å²) in [5.74, 6) is 0.654. The lowest BCUT2D eigenvalue weighted by atomic mass is 9.99. The highest BCUT2D eigenvalue weighted by Crippen LogP contribution is 2.30. The van der Waals surface area contributed by atoms with Gasteiger partial charge in [0.05, 0.1) is 5.69 Å². The molecule has 0 bridgehead atoms. The summed E-state index contributed by atoms with van der Waals surface area (Å²) < 4.78 is 0.831. The van der Waals surface area contributed by atoms with E-state index in [0.29, 0.717) is 24.6 Å². The number of nitrogens with two attached hydrogens (primary N) is 1. The van der Waals surface area contributed by atoms with E-state index in [0.717, 1.165) is 4.47 Å². The van der Waals surface area contributed by atoms with E-state index in [1.165, 1.54) is 0 Å². The van der Waals surface area contributed by atoms with Crippen molar-refractivity contribution in [1.82, 2.24) is 10.3 Å². The molecule has 17 heavy (non-hydrogen) atoms. The number of carbonyl (C=O) groups is 1. The Morgan fingerprint density at radius 1 is 1.59 bits per heavy atom. The molecule has 5 nitrogen and oxygen atoms in total. The smallest absolute Gasteiger partial charge is 0.245 e. The van der Waals surface area contributed by atoms with Gasteiger partial charge in [-0.15, -0.1) is 0 Å². The molecular formula is C11H15BrN4O. The number of amides is 1. The zero-order chi connectivity index (χ0) is 12.6. The van der Waals surface area contributed by atoms with Gasteiger partial charge in [-0.1, -0.05) is 0 Å². The van der Waals surface area contributed by atoms with Crippen molar-refractivity contribution in [2.75, 3.05) is 23.7 Å². The molecule has 1 aliphatic rings. The van der Waals surface area contributed by atoms with Gasteiger partial charge in [-0.3, -0.25) is 4.79 Å². The summed E-state index contributed by atoms with van der Waals surface area (Å²) in [5, 5.41) is 2.84. The Bertz CT molecular complexity index is 461. The normalized spacial score (nSPS) is 19.0. The van der Waals surface area contributed by atoms with Crippen LogP contribution in [0.1, 0.15) is 13.8 Å². The number of nitrogens with zero attached hydrogens (tertiary/aromatic N) is 2. The van der Waals surface area contributed by atoms with Gasteiger partial charge < -0.3 is 16.0 Å². The lowest BCUT2D eigenvalue weighted by Gasteiger charge is -2.42. The van der Waals surface area contributed by atoms with Gasteiger partial charge in [0.25, 0.3) is 0 Å². The fraction of sp³-hybridized carbons (Fsp3) is 0.455. The SMILES string of the molecule is CC1(C)C(=O)NCCN1c1ncc(Br)cc1N. The average Bonchev–Trinajstić information content (AvgIpc) is 2.23. The van der Waals surface area contributed by atoms with Crippen LogP contribution in [0.4, 0.5) is 11.5 Å². The predicted molar refractivity (Wildman–Crippen MR) is 70.8 cm³/mol. The molecule has 0 saturated carbocycles. The van der Waals surface area contributed by atoms with E-state index in [1.807, 2.05) is 18.7 Å². The number of hydrogen-bond acceptors (Lipinski definition) is 4. The zero-order valence-electron chi connectivity index (χ0n) is 9.83.